The Morgan fingerprint density at radius 2 is 2.07 bits per heavy atom. The van der Waals surface area contributed by atoms with E-state index in [2.05, 4.69) is 10.6 Å². The molecule has 1 saturated carbocycles. The molecular weight excluding hydrogens is 196 g/mol. The molecule has 5 heteroatoms. The zero-order chi connectivity index (χ0) is 11.3. The normalized spacial score (nSPS) is 17.9. The van der Waals surface area contributed by atoms with Crippen LogP contribution in [0.2, 0.25) is 0 Å². The number of hydrogen-bond acceptors (Lipinski definition) is 3. The Kier molecular flexibility index (Phi) is 4.08. The second kappa shape index (κ2) is 5.11. The summed E-state index contributed by atoms with van der Waals surface area (Å²) in [6.45, 7) is 2.90. The van der Waals surface area contributed by atoms with Crippen LogP contribution >= 0.6 is 0 Å². The molecule has 0 spiro atoms. The van der Waals surface area contributed by atoms with E-state index in [1.165, 1.54) is 0 Å². The van der Waals surface area contributed by atoms with Crippen LogP contribution in [0.1, 0.15) is 32.6 Å². The highest BCUT2D eigenvalue weighted by molar-refractivity contribution is 5.80. The number of rotatable bonds is 6. The van der Waals surface area contributed by atoms with Gasteiger partial charge in [0.25, 0.3) is 0 Å². The van der Waals surface area contributed by atoms with Crippen LogP contribution < -0.4 is 10.6 Å². The summed E-state index contributed by atoms with van der Waals surface area (Å²) in [6.07, 6.45) is 2.61. The monoisotopic (exact) mass is 214 g/mol. The van der Waals surface area contributed by atoms with Crippen molar-refractivity contribution in [3.8, 4) is 0 Å². The first-order valence-corrected chi connectivity index (χ1v) is 5.36. The quantitative estimate of drug-likeness (QED) is 0.586. The van der Waals surface area contributed by atoms with Crippen molar-refractivity contribution in [3.63, 3.8) is 0 Å². The molecule has 86 valence electrons. The summed E-state index contributed by atoms with van der Waals surface area (Å²) < 4.78 is 0. The first-order chi connectivity index (χ1) is 7.10. The Balaban J connectivity index is 2.24. The van der Waals surface area contributed by atoms with Crippen LogP contribution in [0.5, 0.6) is 0 Å². The van der Waals surface area contributed by atoms with E-state index >= 15 is 0 Å². The van der Waals surface area contributed by atoms with E-state index in [1.807, 2.05) is 6.92 Å². The molecule has 0 heterocycles. The first-order valence-electron chi connectivity index (χ1n) is 5.36. The lowest BCUT2D eigenvalue weighted by atomic mass is 9.77. The lowest BCUT2D eigenvalue weighted by Gasteiger charge is -2.38. The van der Waals surface area contributed by atoms with E-state index in [-0.39, 0.29) is 5.91 Å². The van der Waals surface area contributed by atoms with Crippen molar-refractivity contribution in [1.29, 1.82) is 0 Å². The van der Waals surface area contributed by atoms with Crippen molar-refractivity contribution in [2.45, 2.75) is 38.1 Å². The molecule has 0 aromatic rings. The van der Waals surface area contributed by atoms with Crippen molar-refractivity contribution in [2.75, 3.05) is 13.1 Å². The number of carbonyl (C=O) groups is 2. The van der Waals surface area contributed by atoms with Crippen LogP contribution in [0.3, 0.4) is 0 Å². The van der Waals surface area contributed by atoms with Gasteiger partial charge in [-0.3, -0.25) is 9.59 Å². The number of carboxylic acids is 1. The Labute approximate surface area is 89.2 Å². The number of hydrogen-bond donors (Lipinski definition) is 3. The molecule has 5 nitrogen and oxygen atoms in total. The summed E-state index contributed by atoms with van der Waals surface area (Å²) in [6, 6.07) is 0. The molecule has 0 unspecified atom stereocenters. The van der Waals surface area contributed by atoms with Crippen LogP contribution in [0, 0.1) is 0 Å². The average molecular weight is 214 g/mol. The van der Waals surface area contributed by atoms with Gasteiger partial charge in [0.05, 0.1) is 0 Å². The number of aliphatic carboxylic acids is 1. The fraction of sp³-hybridized carbons (Fsp3) is 0.800. The van der Waals surface area contributed by atoms with Gasteiger partial charge in [0.2, 0.25) is 5.91 Å². The molecule has 0 atom stereocenters. The van der Waals surface area contributed by atoms with Crippen molar-refractivity contribution in [1.82, 2.24) is 10.6 Å². The second-order valence-corrected chi connectivity index (χ2v) is 3.87. The predicted molar refractivity (Wildman–Crippen MR) is 55.5 cm³/mol. The molecule has 0 aliphatic heterocycles. The van der Waals surface area contributed by atoms with Crippen LogP contribution in [0.4, 0.5) is 0 Å². The molecule has 1 amide bonds. The molecule has 1 rings (SSSR count). The molecule has 0 aromatic carbocycles. The van der Waals surface area contributed by atoms with E-state index in [1.54, 1.807) is 0 Å². The third-order valence-corrected chi connectivity index (χ3v) is 2.81. The van der Waals surface area contributed by atoms with Gasteiger partial charge in [-0.25, -0.2) is 0 Å². The number of amides is 1. The van der Waals surface area contributed by atoms with Crippen LogP contribution in [0.25, 0.3) is 0 Å². The maximum absolute atomic E-state index is 11.1. The minimum atomic E-state index is -0.801. The lowest BCUT2D eigenvalue weighted by Crippen LogP contribution is -2.57. The highest BCUT2D eigenvalue weighted by Crippen LogP contribution is 2.31. The molecular formula is C10H18N2O3. The SMILES string of the molecule is CCNC(=O)CCNC1(C(=O)O)CCC1. The Hall–Kier alpha value is -1.10. The lowest BCUT2D eigenvalue weighted by molar-refractivity contribution is -0.149. The van der Waals surface area contributed by atoms with Crippen LogP contribution in [0.15, 0.2) is 0 Å². The maximum Gasteiger partial charge on any atom is 0.323 e. The Morgan fingerprint density at radius 3 is 2.47 bits per heavy atom. The standard InChI is InChI=1S/C10H18N2O3/c1-2-11-8(13)4-7-12-10(9(14)15)5-3-6-10/h12H,2-7H2,1H3,(H,11,13)(H,14,15). The summed E-state index contributed by atoms with van der Waals surface area (Å²) in [4.78, 5) is 22.0. The topological polar surface area (TPSA) is 78.4 Å². The fourth-order valence-electron chi connectivity index (χ4n) is 1.70. The maximum atomic E-state index is 11.1. The van der Waals surface area contributed by atoms with Crippen molar-refractivity contribution in [2.24, 2.45) is 0 Å². The summed E-state index contributed by atoms with van der Waals surface area (Å²) in [5.41, 5.74) is -0.757. The van der Waals surface area contributed by atoms with Gasteiger partial charge in [-0.2, -0.15) is 0 Å². The minimum Gasteiger partial charge on any atom is -0.480 e. The first kappa shape index (κ1) is 12.0. The third-order valence-electron chi connectivity index (χ3n) is 2.81. The van der Waals surface area contributed by atoms with E-state index < -0.39 is 11.5 Å². The van der Waals surface area contributed by atoms with E-state index in [0.29, 0.717) is 32.4 Å². The van der Waals surface area contributed by atoms with E-state index in [9.17, 15) is 9.59 Å². The van der Waals surface area contributed by atoms with Crippen molar-refractivity contribution >= 4 is 11.9 Å². The Bertz CT molecular complexity index is 249. The smallest absolute Gasteiger partial charge is 0.323 e. The largest absolute Gasteiger partial charge is 0.480 e. The highest BCUT2D eigenvalue weighted by Gasteiger charge is 2.43. The molecule has 0 saturated heterocycles. The number of carboxylic acid groups (broad SMARTS) is 1. The Morgan fingerprint density at radius 1 is 1.40 bits per heavy atom. The van der Waals surface area contributed by atoms with Crippen LogP contribution in [-0.4, -0.2) is 35.6 Å². The van der Waals surface area contributed by atoms with E-state index in [0.717, 1.165) is 6.42 Å². The zero-order valence-electron chi connectivity index (χ0n) is 9.01. The second-order valence-electron chi connectivity index (χ2n) is 3.87. The molecule has 0 aromatic heterocycles. The molecule has 3 N–H and O–H groups in total. The van der Waals surface area contributed by atoms with Gasteiger partial charge >= 0.3 is 5.97 Å². The fourth-order valence-corrected chi connectivity index (χ4v) is 1.70. The van der Waals surface area contributed by atoms with Gasteiger partial charge in [-0.15, -0.1) is 0 Å². The third kappa shape index (κ3) is 2.92. The van der Waals surface area contributed by atoms with Crippen LogP contribution in [-0.2, 0) is 9.59 Å². The van der Waals surface area contributed by atoms with Crippen molar-refractivity contribution < 1.29 is 14.7 Å². The number of carbonyl (C=O) groups excluding carboxylic acids is 1. The van der Waals surface area contributed by atoms with Gasteiger partial charge in [-0.05, 0) is 26.2 Å². The summed E-state index contributed by atoms with van der Waals surface area (Å²) in [7, 11) is 0. The van der Waals surface area contributed by atoms with Gasteiger partial charge in [0.1, 0.15) is 5.54 Å². The summed E-state index contributed by atoms with van der Waals surface area (Å²) in [5.74, 6) is -0.838. The summed E-state index contributed by atoms with van der Waals surface area (Å²) >= 11 is 0. The zero-order valence-corrected chi connectivity index (χ0v) is 9.01. The summed E-state index contributed by atoms with van der Waals surface area (Å²) in [5, 5.41) is 14.6. The van der Waals surface area contributed by atoms with Gasteiger partial charge in [0, 0.05) is 19.5 Å². The minimum absolute atomic E-state index is 0.0372. The molecule has 1 aliphatic rings. The van der Waals surface area contributed by atoms with E-state index in [4.69, 9.17) is 5.11 Å². The van der Waals surface area contributed by atoms with Gasteiger partial charge in [0.15, 0.2) is 0 Å². The van der Waals surface area contributed by atoms with Gasteiger partial charge < -0.3 is 15.7 Å². The molecule has 1 fully saturated rings. The predicted octanol–water partition coefficient (Wildman–Crippen LogP) is 0.109. The average Bonchev–Trinajstić information content (AvgIpc) is 2.09. The molecule has 15 heavy (non-hydrogen) atoms. The van der Waals surface area contributed by atoms with Gasteiger partial charge in [-0.1, -0.05) is 0 Å². The number of nitrogens with one attached hydrogen (secondary N) is 2. The molecule has 0 bridgehead atoms. The molecule has 0 radical (unpaired) electrons. The highest BCUT2D eigenvalue weighted by atomic mass is 16.4. The van der Waals surface area contributed by atoms with Crippen molar-refractivity contribution in [3.05, 3.63) is 0 Å². The molecule has 1 aliphatic carbocycles.